The molecule has 0 atom stereocenters. The van der Waals surface area contributed by atoms with Crippen LogP contribution in [0.1, 0.15) is 5.69 Å². The van der Waals surface area contributed by atoms with Crippen LogP contribution in [0, 0.1) is 6.92 Å². The number of hydrogen-bond donors (Lipinski definition) is 3. The Morgan fingerprint density at radius 1 is 0.958 bits per heavy atom. The van der Waals surface area contributed by atoms with E-state index < -0.39 is 0 Å². The highest BCUT2D eigenvalue weighted by Crippen LogP contribution is 2.28. The molecule has 0 bridgehead atoms. The summed E-state index contributed by atoms with van der Waals surface area (Å²) in [6.07, 6.45) is 3.52. The second-order valence-corrected chi connectivity index (χ2v) is 5.51. The molecule has 0 unspecified atom stereocenters. The maximum atomic E-state index is 4.70. The third-order valence-corrected chi connectivity index (χ3v) is 3.63. The molecular formula is C18H16N6. The first kappa shape index (κ1) is 14.2. The molecule has 0 saturated carbocycles. The van der Waals surface area contributed by atoms with Crippen LogP contribution < -0.4 is 10.6 Å². The molecule has 6 heteroatoms. The fourth-order valence-electron chi connectivity index (χ4n) is 2.54. The Hall–Kier alpha value is -3.41. The molecular weight excluding hydrogens is 300 g/mol. The molecule has 0 amide bonds. The predicted octanol–water partition coefficient (Wildman–Crippen LogP) is 4.15. The van der Waals surface area contributed by atoms with Gasteiger partial charge < -0.3 is 10.6 Å². The lowest BCUT2D eigenvalue weighted by Gasteiger charge is -2.11. The van der Waals surface area contributed by atoms with Gasteiger partial charge in [-0.05, 0) is 30.5 Å². The standard InChI is InChI=1S/C18H16N6/c1-12-9-17(24-23-12)21-16-10-13-5-2-3-7-15(13)18(22-16)20-14-6-4-8-19-11-14/h2-11H,1H3,(H3,20,21,22,23,24). The second-order valence-electron chi connectivity index (χ2n) is 5.51. The SMILES string of the molecule is Cc1cc(Nc2cc3ccccc3c(Nc3cccnc3)n2)n[nH]1. The number of rotatable bonds is 4. The molecule has 0 radical (unpaired) electrons. The van der Waals surface area contributed by atoms with Crippen molar-refractivity contribution >= 4 is 33.9 Å². The normalized spacial score (nSPS) is 10.7. The zero-order valence-electron chi connectivity index (χ0n) is 13.1. The number of H-pyrrole nitrogens is 1. The van der Waals surface area contributed by atoms with E-state index in [1.165, 1.54) is 0 Å². The summed E-state index contributed by atoms with van der Waals surface area (Å²) in [5, 5.41) is 15.8. The lowest BCUT2D eigenvalue weighted by Crippen LogP contribution is -2.00. The summed E-state index contributed by atoms with van der Waals surface area (Å²) in [5.41, 5.74) is 1.88. The second kappa shape index (κ2) is 6.00. The summed E-state index contributed by atoms with van der Waals surface area (Å²) in [7, 11) is 0. The molecule has 0 saturated heterocycles. The van der Waals surface area contributed by atoms with E-state index in [-0.39, 0.29) is 0 Å². The summed E-state index contributed by atoms with van der Waals surface area (Å²) in [6.45, 7) is 1.96. The van der Waals surface area contributed by atoms with Crippen molar-refractivity contribution in [1.82, 2.24) is 20.2 Å². The summed E-state index contributed by atoms with van der Waals surface area (Å²) < 4.78 is 0. The molecule has 3 N–H and O–H groups in total. The topological polar surface area (TPSA) is 78.5 Å². The van der Waals surface area contributed by atoms with E-state index >= 15 is 0 Å². The van der Waals surface area contributed by atoms with Gasteiger partial charge in [0.15, 0.2) is 5.82 Å². The van der Waals surface area contributed by atoms with Crippen molar-refractivity contribution in [1.29, 1.82) is 0 Å². The lowest BCUT2D eigenvalue weighted by molar-refractivity contribution is 1.05. The fourth-order valence-corrected chi connectivity index (χ4v) is 2.54. The number of aromatic amines is 1. The molecule has 0 fully saturated rings. The van der Waals surface area contributed by atoms with E-state index in [0.717, 1.165) is 39.6 Å². The van der Waals surface area contributed by atoms with Gasteiger partial charge in [0.25, 0.3) is 0 Å². The van der Waals surface area contributed by atoms with Crippen molar-refractivity contribution < 1.29 is 0 Å². The third kappa shape index (κ3) is 2.89. The molecule has 118 valence electrons. The molecule has 3 aromatic heterocycles. The number of fused-ring (bicyclic) bond motifs is 1. The highest BCUT2D eigenvalue weighted by molar-refractivity contribution is 5.95. The van der Waals surface area contributed by atoms with Crippen molar-refractivity contribution in [2.45, 2.75) is 6.92 Å². The first-order valence-electron chi connectivity index (χ1n) is 7.64. The molecule has 1 aromatic carbocycles. The number of aromatic nitrogens is 4. The summed E-state index contributed by atoms with van der Waals surface area (Å²) in [4.78, 5) is 8.83. The molecule has 0 aliphatic carbocycles. The Morgan fingerprint density at radius 3 is 2.67 bits per heavy atom. The van der Waals surface area contributed by atoms with E-state index in [9.17, 15) is 0 Å². The van der Waals surface area contributed by atoms with Gasteiger partial charge in [-0.2, -0.15) is 5.10 Å². The number of pyridine rings is 2. The Labute approximate surface area is 139 Å². The largest absolute Gasteiger partial charge is 0.338 e. The Bertz CT molecular complexity index is 977. The van der Waals surface area contributed by atoms with Gasteiger partial charge in [0.05, 0.1) is 11.9 Å². The van der Waals surface area contributed by atoms with Gasteiger partial charge in [-0.1, -0.05) is 24.3 Å². The maximum absolute atomic E-state index is 4.70. The molecule has 6 nitrogen and oxygen atoms in total. The highest BCUT2D eigenvalue weighted by Gasteiger charge is 2.08. The summed E-state index contributed by atoms with van der Waals surface area (Å²) in [6, 6.07) is 15.9. The molecule has 4 aromatic rings. The molecule has 0 aliphatic heterocycles. The van der Waals surface area contributed by atoms with Crippen LogP contribution in [0.2, 0.25) is 0 Å². The third-order valence-electron chi connectivity index (χ3n) is 3.63. The van der Waals surface area contributed by atoms with E-state index in [1.807, 2.05) is 49.4 Å². The van der Waals surface area contributed by atoms with Gasteiger partial charge in [-0.25, -0.2) is 4.98 Å². The van der Waals surface area contributed by atoms with Gasteiger partial charge in [-0.15, -0.1) is 0 Å². The van der Waals surface area contributed by atoms with Crippen LogP contribution in [0.5, 0.6) is 0 Å². The monoisotopic (exact) mass is 316 g/mol. The van der Waals surface area contributed by atoms with Crippen LogP contribution in [0.25, 0.3) is 10.8 Å². The smallest absolute Gasteiger partial charge is 0.153 e. The van der Waals surface area contributed by atoms with Gasteiger partial charge >= 0.3 is 0 Å². The van der Waals surface area contributed by atoms with Crippen molar-refractivity contribution in [3.63, 3.8) is 0 Å². The number of nitrogens with zero attached hydrogens (tertiary/aromatic N) is 3. The van der Waals surface area contributed by atoms with E-state index in [4.69, 9.17) is 4.98 Å². The van der Waals surface area contributed by atoms with Crippen molar-refractivity contribution in [2.75, 3.05) is 10.6 Å². The fraction of sp³-hybridized carbons (Fsp3) is 0.0556. The molecule has 24 heavy (non-hydrogen) atoms. The molecule has 4 rings (SSSR count). The average molecular weight is 316 g/mol. The van der Waals surface area contributed by atoms with Crippen LogP contribution >= 0.6 is 0 Å². The Balaban J connectivity index is 1.75. The minimum absolute atomic E-state index is 0.728. The lowest BCUT2D eigenvalue weighted by atomic mass is 10.1. The van der Waals surface area contributed by atoms with Crippen LogP contribution in [-0.2, 0) is 0 Å². The van der Waals surface area contributed by atoms with Gasteiger partial charge in [0.2, 0.25) is 0 Å². The van der Waals surface area contributed by atoms with Crippen LogP contribution in [-0.4, -0.2) is 20.2 Å². The van der Waals surface area contributed by atoms with Gasteiger partial charge in [0.1, 0.15) is 11.6 Å². The first-order chi connectivity index (χ1) is 11.8. The number of hydrogen-bond acceptors (Lipinski definition) is 5. The van der Waals surface area contributed by atoms with E-state index in [0.29, 0.717) is 0 Å². The van der Waals surface area contributed by atoms with Gasteiger partial charge in [-0.3, -0.25) is 10.1 Å². The number of aryl methyl sites for hydroxylation is 1. The molecule has 0 spiro atoms. The summed E-state index contributed by atoms with van der Waals surface area (Å²) >= 11 is 0. The predicted molar refractivity (Wildman–Crippen MR) is 95.9 cm³/mol. The number of benzene rings is 1. The zero-order chi connectivity index (χ0) is 16.4. The van der Waals surface area contributed by atoms with E-state index in [2.05, 4.69) is 31.9 Å². The Morgan fingerprint density at radius 2 is 1.88 bits per heavy atom. The van der Waals surface area contributed by atoms with E-state index in [1.54, 1.807) is 12.4 Å². The highest BCUT2D eigenvalue weighted by atomic mass is 15.2. The maximum Gasteiger partial charge on any atom is 0.153 e. The Kier molecular flexibility index (Phi) is 3.55. The van der Waals surface area contributed by atoms with Crippen LogP contribution in [0.3, 0.4) is 0 Å². The van der Waals surface area contributed by atoms with Crippen LogP contribution in [0.15, 0.2) is 60.9 Å². The quantitative estimate of drug-likeness (QED) is 0.527. The van der Waals surface area contributed by atoms with Gasteiger partial charge in [0, 0.05) is 23.3 Å². The summed E-state index contributed by atoms with van der Waals surface area (Å²) in [5.74, 6) is 2.24. The molecule has 3 heterocycles. The number of anilines is 4. The van der Waals surface area contributed by atoms with Crippen molar-refractivity contribution in [3.05, 3.63) is 66.6 Å². The van der Waals surface area contributed by atoms with Crippen molar-refractivity contribution in [2.24, 2.45) is 0 Å². The van der Waals surface area contributed by atoms with Crippen molar-refractivity contribution in [3.8, 4) is 0 Å². The molecule has 0 aliphatic rings. The first-order valence-corrected chi connectivity index (χ1v) is 7.64. The minimum Gasteiger partial charge on any atom is -0.338 e. The zero-order valence-corrected chi connectivity index (χ0v) is 13.1. The average Bonchev–Trinajstić information content (AvgIpc) is 3.01. The van der Waals surface area contributed by atoms with Crippen LogP contribution in [0.4, 0.5) is 23.1 Å². The number of nitrogens with one attached hydrogen (secondary N) is 3. The minimum atomic E-state index is 0.728.